The second-order valence-electron chi connectivity index (χ2n) is 8.21. The number of nitro benzene ring substituents is 1. The standard InChI is InChI=1S/C24H20ClN3O6/c1-14-5-4-7-18-21(14)24(32)27(23(18)31)26(22(30)17-6-2-3-8-19(17)25)13-20(29)15-9-11-16(12-10-15)28(33)34/h2-6,8-12,14,18,21H,7,13H2,1H3/t14-,18+,21+/m1/s1. The Morgan fingerprint density at radius 3 is 2.41 bits per heavy atom. The number of carbonyl (C=O) groups excluding carboxylic acids is 4. The summed E-state index contributed by atoms with van der Waals surface area (Å²) in [6.07, 6.45) is 4.06. The minimum absolute atomic E-state index is 0.0299. The van der Waals surface area contributed by atoms with Crippen LogP contribution in [0.1, 0.15) is 34.1 Å². The van der Waals surface area contributed by atoms with E-state index in [9.17, 15) is 29.3 Å². The summed E-state index contributed by atoms with van der Waals surface area (Å²) in [5, 5.41) is 12.6. The SMILES string of the molecule is C[C@@H]1C=CC[C@@H]2C(=O)N(N(CC(=O)c3ccc([N+](=O)[O-])cc3)C(=O)c3ccccc3Cl)C(=O)[C@@H]12. The third-order valence-electron chi connectivity index (χ3n) is 6.12. The van der Waals surface area contributed by atoms with Crippen LogP contribution in [0.4, 0.5) is 5.69 Å². The molecular formula is C24H20ClN3O6. The molecule has 0 bridgehead atoms. The minimum atomic E-state index is -0.776. The van der Waals surface area contributed by atoms with E-state index in [1.54, 1.807) is 12.1 Å². The number of hydrogen-bond acceptors (Lipinski definition) is 6. The Labute approximate surface area is 199 Å². The number of fused-ring (bicyclic) bond motifs is 1. The van der Waals surface area contributed by atoms with Gasteiger partial charge in [-0.2, -0.15) is 5.01 Å². The van der Waals surface area contributed by atoms with Crippen molar-refractivity contribution in [3.05, 3.63) is 86.9 Å². The molecule has 3 amide bonds. The van der Waals surface area contributed by atoms with E-state index in [2.05, 4.69) is 0 Å². The summed E-state index contributed by atoms with van der Waals surface area (Å²) in [5.41, 5.74) is -0.0765. The maximum Gasteiger partial charge on any atom is 0.274 e. The average Bonchev–Trinajstić information content (AvgIpc) is 3.08. The van der Waals surface area contributed by atoms with Gasteiger partial charge in [-0.3, -0.25) is 29.3 Å². The van der Waals surface area contributed by atoms with Crippen molar-refractivity contribution in [1.29, 1.82) is 0 Å². The molecule has 1 saturated heterocycles. The molecule has 34 heavy (non-hydrogen) atoms. The van der Waals surface area contributed by atoms with Crippen LogP contribution in [0.15, 0.2) is 60.7 Å². The fourth-order valence-electron chi connectivity index (χ4n) is 4.37. The molecule has 1 fully saturated rings. The van der Waals surface area contributed by atoms with E-state index in [1.165, 1.54) is 36.4 Å². The number of nitrogens with zero attached hydrogens (tertiary/aromatic N) is 3. The van der Waals surface area contributed by atoms with Gasteiger partial charge in [0.05, 0.1) is 27.3 Å². The van der Waals surface area contributed by atoms with Gasteiger partial charge in [-0.25, -0.2) is 5.01 Å². The fourth-order valence-corrected chi connectivity index (χ4v) is 4.59. The molecule has 3 atom stereocenters. The van der Waals surface area contributed by atoms with Gasteiger partial charge in [0.2, 0.25) is 0 Å². The topological polar surface area (TPSA) is 118 Å². The molecular weight excluding hydrogens is 462 g/mol. The molecule has 1 aliphatic carbocycles. The first-order valence-corrected chi connectivity index (χ1v) is 11.0. The van der Waals surface area contributed by atoms with Crippen molar-refractivity contribution < 1.29 is 24.1 Å². The van der Waals surface area contributed by atoms with Crippen LogP contribution in [0.5, 0.6) is 0 Å². The third kappa shape index (κ3) is 4.10. The molecule has 9 nitrogen and oxygen atoms in total. The zero-order valence-corrected chi connectivity index (χ0v) is 18.8. The van der Waals surface area contributed by atoms with Crippen molar-refractivity contribution >= 4 is 40.8 Å². The first-order chi connectivity index (χ1) is 16.2. The number of hydrogen-bond donors (Lipinski definition) is 0. The molecule has 4 rings (SSSR count). The second kappa shape index (κ2) is 9.18. The van der Waals surface area contributed by atoms with E-state index in [0.29, 0.717) is 6.42 Å². The number of ketones is 1. The molecule has 0 saturated carbocycles. The number of benzene rings is 2. The van der Waals surface area contributed by atoms with Crippen molar-refractivity contribution in [1.82, 2.24) is 10.0 Å². The monoisotopic (exact) mass is 481 g/mol. The number of non-ortho nitro benzene ring substituents is 1. The van der Waals surface area contributed by atoms with Gasteiger partial charge >= 0.3 is 0 Å². The smallest absolute Gasteiger partial charge is 0.274 e. The van der Waals surface area contributed by atoms with Gasteiger partial charge in [-0.15, -0.1) is 0 Å². The number of halogens is 1. The average molecular weight is 482 g/mol. The largest absolute Gasteiger partial charge is 0.292 e. The summed E-state index contributed by atoms with van der Waals surface area (Å²) < 4.78 is 0. The van der Waals surface area contributed by atoms with Crippen molar-refractivity contribution in [3.8, 4) is 0 Å². The van der Waals surface area contributed by atoms with Crippen LogP contribution < -0.4 is 0 Å². The molecule has 10 heteroatoms. The number of imide groups is 1. The summed E-state index contributed by atoms with van der Waals surface area (Å²) in [7, 11) is 0. The number of amides is 3. The minimum Gasteiger partial charge on any atom is -0.292 e. The molecule has 2 aromatic rings. The highest BCUT2D eigenvalue weighted by molar-refractivity contribution is 6.34. The molecule has 174 valence electrons. The van der Waals surface area contributed by atoms with Gasteiger partial charge in [-0.1, -0.05) is 42.8 Å². The summed E-state index contributed by atoms with van der Waals surface area (Å²) in [4.78, 5) is 63.4. The Hall–Kier alpha value is -3.85. The van der Waals surface area contributed by atoms with Gasteiger partial charge in [0, 0.05) is 17.7 Å². The molecule has 0 spiro atoms. The number of carbonyl (C=O) groups is 4. The first-order valence-electron chi connectivity index (χ1n) is 10.6. The summed E-state index contributed by atoms with van der Waals surface area (Å²) in [5.74, 6) is -3.94. The predicted octanol–water partition coefficient (Wildman–Crippen LogP) is 3.69. The second-order valence-corrected chi connectivity index (χ2v) is 8.62. The zero-order chi connectivity index (χ0) is 24.6. The summed E-state index contributed by atoms with van der Waals surface area (Å²) in [6.45, 7) is 1.20. The van der Waals surface area contributed by atoms with Crippen LogP contribution in [0.3, 0.4) is 0 Å². The zero-order valence-electron chi connectivity index (χ0n) is 18.1. The van der Waals surface area contributed by atoms with Gasteiger partial charge in [-0.05, 0) is 36.6 Å². The fraction of sp³-hybridized carbons (Fsp3) is 0.250. The Morgan fingerprint density at radius 2 is 1.79 bits per heavy atom. The number of Topliss-reactive ketones (excluding diaryl/α,β-unsaturated/α-hetero) is 1. The van der Waals surface area contributed by atoms with E-state index < -0.39 is 46.8 Å². The van der Waals surface area contributed by atoms with Gasteiger partial charge < -0.3 is 0 Å². The predicted molar refractivity (Wildman–Crippen MR) is 122 cm³/mol. The summed E-state index contributed by atoms with van der Waals surface area (Å²) in [6, 6.07) is 11.0. The van der Waals surface area contributed by atoms with E-state index in [0.717, 1.165) is 10.0 Å². The third-order valence-corrected chi connectivity index (χ3v) is 6.45. The van der Waals surface area contributed by atoms with Crippen LogP contribution in [-0.2, 0) is 9.59 Å². The van der Waals surface area contributed by atoms with Crippen LogP contribution in [-0.4, -0.2) is 45.0 Å². The Bertz CT molecular complexity index is 1230. The summed E-state index contributed by atoms with van der Waals surface area (Å²) >= 11 is 6.19. The lowest BCUT2D eigenvalue weighted by molar-refractivity contribution is -0.384. The van der Waals surface area contributed by atoms with Crippen molar-refractivity contribution in [2.75, 3.05) is 6.54 Å². The first kappa shape index (κ1) is 23.3. The quantitative estimate of drug-likeness (QED) is 0.204. The van der Waals surface area contributed by atoms with Gasteiger partial charge in [0.15, 0.2) is 5.78 Å². The van der Waals surface area contributed by atoms with Crippen molar-refractivity contribution in [2.24, 2.45) is 17.8 Å². The van der Waals surface area contributed by atoms with Crippen LogP contribution in [0.2, 0.25) is 5.02 Å². The maximum absolute atomic E-state index is 13.5. The van der Waals surface area contributed by atoms with Crippen LogP contribution >= 0.6 is 11.6 Å². The van der Waals surface area contributed by atoms with E-state index in [1.807, 2.05) is 19.1 Å². The number of hydrazine groups is 1. The molecule has 2 aliphatic rings. The maximum atomic E-state index is 13.5. The Morgan fingerprint density at radius 1 is 1.12 bits per heavy atom. The normalized spacial score (nSPS) is 21.4. The highest BCUT2D eigenvalue weighted by Gasteiger charge is 2.53. The van der Waals surface area contributed by atoms with Gasteiger partial charge in [0.1, 0.15) is 6.54 Å². The molecule has 1 heterocycles. The van der Waals surface area contributed by atoms with E-state index in [-0.39, 0.29) is 27.8 Å². The van der Waals surface area contributed by atoms with Crippen LogP contribution in [0, 0.1) is 27.9 Å². The highest BCUT2D eigenvalue weighted by atomic mass is 35.5. The molecule has 1 aliphatic heterocycles. The van der Waals surface area contributed by atoms with E-state index >= 15 is 0 Å². The number of nitro groups is 1. The molecule has 0 radical (unpaired) electrons. The lowest BCUT2D eigenvalue weighted by atomic mass is 9.78. The Balaban J connectivity index is 1.70. The van der Waals surface area contributed by atoms with Crippen molar-refractivity contribution in [3.63, 3.8) is 0 Å². The molecule has 2 aromatic carbocycles. The molecule has 0 N–H and O–H groups in total. The van der Waals surface area contributed by atoms with Crippen molar-refractivity contribution in [2.45, 2.75) is 13.3 Å². The Kier molecular flexibility index (Phi) is 6.30. The van der Waals surface area contributed by atoms with Crippen LogP contribution in [0.25, 0.3) is 0 Å². The number of rotatable bonds is 6. The van der Waals surface area contributed by atoms with Gasteiger partial charge in [0.25, 0.3) is 23.4 Å². The molecule has 0 aromatic heterocycles. The molecule has 0 unspecified atom stereocenters. The number of allylic oxidation sites excluding steroid dienone is 2. The lowest BCUT2D eigenvalue weighted by Crippen LogP contribution is -2.52. The highest BCUT2D eigenvalue weighted by Crippen LogP contribution is 2.39. The van der Waals surface area contributed by atoms with E-state index in [4.69, 9.17) is 11.6 Å². The lowest BCUT2D eigenvalue weighted by Gasteiger charge is -2.30.